The lowest BCUT2D eigenvalue weighted by molar-refractivity contribution is 0.271. The molecule has 114 valence electrons. The van der Waals surface area contributed by atoms with Gasteiger partial charge < -0.3 is 10.5 Å². The molecule has 1 rings (SSSR count). The minimum Gasteiger partial charge on any atom is -0.493 e. The van der Waals surface area contributed by atoms with Crippen molar-refractivity contribution in [3.05, 3.63) is 24.3 Å². The summed E-state index contributed by atoms with van der Waals surface area (Å²) in [4.78, 5) is 0.205. The van der Waals surface area contributed by atoms with Gasteiger partial charge in [0.2, 0.25) is 10.0 Å². The molecule has 6 heteroatoms. The lowest BCUT2D eigenvalue weighted by atomic mass is 10.1. The van der Waals surface area contributed by atoms with Gasteiger partial charge in [0.25, 0.3) is 0 Å². The fourth-order valence-electron chi connectivity index (χ4n) is 1.44. The summed E-state index contributed by atoms with van der Waals surface area (Å²) in [7, 11) is -3.56. The quantitative estimate of drug-likeness (QED) is 0.803. The third-order valence-electron chi connectivity index (χ3n) is 2.64. The maximum absolute atomic E-state index is 12.2. The van der Waals surface area contributed by atoms with Crippen LogP contribution in [-0.4, -0.2) is 27.1 Å². The summed E-state index contributed by atoms with van der Waals surface area (Å²) in [6.45, 7) is 8.41. The molecule has 1 aromatic carbocycles. The highest BCUT2D eigenvalue weighted by Crippen LogP contribution is 2.18. The van der Waals surface area contributed by atoms with Crippen molar-refractivity contribution in [2.45, 2.75) is 38.1 Å². The van der Waals surface area contributed by atoms with Crippen molar-refractivity contribution >= 4 is 10.0 Å². The van der Waals surface area contributed by atoms with Crippen molar-refractivity contribution < 1.29 is 13.2 Å². The highest BCUT2D eigenvalue weighted by molar-refractivity contribution is 7.89. The number of benzene rings is 1. The van der Waals surface area contributed by atoms with Crippen LogP contribution in [0.1, 0.15) is 27.7 Å². The summed E-state index contributed by atoms with van der Waals surface area (Å²) in [5, 5.41) is 0. The molecule has 0 spiro atoms. The summed E-state index contributed by atoms with van der Waals surface area (Å²) < 4.78 is 32.4. The maximum atomic E-state index is 12.2. The lowest BCUT2D eigenvalue weighted by Crippen LogP contribution is -2.48. The molecule has 0 heterocycles. The van der Waals surface area contributed by atoms with Crippen LogP contribution in [0.15, 0.2) is 29.2 Å². The van der Waals surface area contributed by atoms with E-state index in [0.29, 0.717) is 18.3 Å². The van der Waals surface area contributed by atoms with Crippen molar-refractivity contribution in [2.75, 3.05) is 13.2 Å². The van der Waals surface area contributed by atoms with E-state index in [0.717, 1.165) is 0 Å². The summed E-state index contributed by atoms with van der Waals surface area (Å²) in [5.41, 5.74) is 4.86. The van der Waals surface area contributed by atoms with Crippen LogP contribution in [-0.2, 0) is 10.0 Å². The third kappa shape index (κ3) is 5.11. The highest BCUT2D eigenvalue weighted by atomic mass is 32.2. The largest absolute Gasteiger partial charge is 0.493 e. The third-order valence-corrected chi connectivity index (χ3v) is 4.35. The van der Waals surface area contributed by atoms with Gasteiger partial charge in [0.1, 0.15) is 5.75 Å². The van der Waals surface area contributed by atoms with E-state index in [1.807, 2.05) is 0 Å². The zero-order chi connectivity index (χ0) is 15.4. The number of ether oxygens (including phenoxy) is 1. The average molecular weight is 300 g/mol. The topological polar surface area (TPSA) is 81.4 Å². The van der Waals surface area contributed by atoms with Crippen LogP contribution < -0.4 is 15.2 Å². The molecule has 5 nitrogen and oxygen atoms in total. The first kappa shape index (κ1) is 16.9. The molecule has 0 fully saturated rings. The van der Waals surface area contributed by atoms with Crippen molar-refractivity contribution in [2.24, 2.45) is 11.7 Å². The number of nitrogens with one attached hydrogen (secondary N) is 1. The normalized spacial score (nSPS) is 12.7. The number of sulfonamides is 1. The van der Waals surface area contributed by atoms with Gasteiger partial charge in [-0.15, -0.1) is 0 Å². The molecule has 0 saturated carbocycles. The Kier molecular flexibility index (Phi) is 5.56. The highest BCUT2D eigenvalue weighted by Gasteiger charge is 2.24. The number of nitrogens with two attached hydrogens (primary N) is 1. The van der Waals surface area contributed by atoms with Gasteiger partial charge in [-0.1, -0.05) is 13.8 Å². The van der Waals surface area contributed by atoms with Gasteiger partial charge in [0, 0.05) is 12.1 Å². The van der Waals surface area contributed by atoms with Crippen LogP contribution in [0.4, 0.5) is 0 Å². The van der Waals surface area contributed by atoms with Crippen molar-refractivity contribution in [1.29, 1.82) is 0 Å². The van der Waals surface area contributed by atoms with Crippen LogP contribution in [0.2, 0.25) is 0 Å². The van der Waals surface area contributed by atoms with Crippen molar-refractivity contribution in [3.63, 3.8) is 0 Å². The second kappa shape index (κ2) is 6.56. The first-order chi connectivity index (χ1) is 9.16. The molecule has 0 aliphatic rings. The van der Waals surface area contributed by atoms with Gasteiger partial charge in [-0.2, -0.15) is 0 Å². The minimum absolute atomic E-state index is 0.205. The Morgan fingerprint density at radius 2 is 1.80 bits per heavy atom. The molecule has 0 aliphatic heterocycles. The Balaban J connectivity index is 2.82. The summed E-state index contributed by atoms with van der Waals surface area (Å²) in [6, 6.07) is 6.38. The molecule has 0 saturated heterocycles. The monoisotopic (exact) mass is 300 g/mol. The van der Waals surface area contributed by atoms with E-state index in [4.69, 9.17) is 10.5 Å². The zero-order valence-electron chi connectivity index (χ0n) is 12.5. The van der Waals surface area contributed by atoms with E-state index in [-0.39, 0.29) is 11.4 Å². The van der Waals surface area contributed by atoms with Crippen LogP contribution >= 0.6 is 0 Å². The molecule has 0 aromatic heterocycles. The Bertz CT molecular complexity index is 522. The lowest BCUT2D eigenvalue weighted by Gasteiger charge is -2.23. The fraction of sp³-hybridized carbons (Fsp3) is 0.571. The number of hydrogen-bond acceptors (Lipinski definition) is 4. The molecule has 20 heavy (non-hydrogen) atoms. The van der Waals surface area contributed by atoms with Gasteiger partial charge in [-0.05, 0) is 44.0 Å². The SMILES string of the molecule is CC(C)COc1ccc(S(=O)(=O)NC(C)(C)CN)cc1. The molecular weight excluding hydrogens is 276 g/mol. The van der Waals surface area contributed by atoms with E-state index < -0.39 is 15.6 Å². The number of hydrogen-bond donors (Lipinski definition) is 2. The van der Waals surface area contributed by atoms with E-state index in [9.17, 15) is 8.42 Å². The predicted octanol–water partition coefficient (Wildman–Crippen LogP) is 1.74. The second-order valence-electron chi connectivity index (χ2n) is 5.87. The fourth-order valence-corrected chi connectivity index (χ4v) is 2.87. The minimum atomic E-state index is -3.56. The van der Waals surface area contributed by atoms with Gasteiger partial charge in [0.05, 0.1) is 11.5 Å². The Morgan fingerprint density at radius 1 is 1.25 bits per heavy atom. The predicted molar refractivity (Wildman–Crippen MR) is 80.2 cm³/mol. The second-order valence-corrected chi connectivity index (χ2v) is 7.55. The molecule has 0 radical (unpaired) electrons. The van der Waals surface area contributed by atoms with Gasteiger partial charge in [-0.25, -0.2) is 13.1 Å². The van der Waals surface area contributed by atoms with Crippen molar-refractivity contribution in [3.8, 4) is 5.75 Å². The first-order valence-corrected chi connectivity index (χ1v) is 8.11. The molecule has 0 unspecified atom stereocenters. The molecule has 0 amide bonds. The Morgan fingerprint density at radius 3 is 2.25 bits per heavy atom. The van der Waals surface area contributed by atoms with E-state index in [1.165, 1.54) is 12.1 Å². The molecule has 0 aliphatic carbocycles. The molecule has 0 atom stereocenters. The van der Waals surface area contributed by atoms with Gasteiger partial charge >= 0.3 is 0 Å². The van der Waals surface area contributed by atoms with Gasteiger partial charge in [-0.3, -0.25) is 0 Å². The molecule has 0 bridgehead atoms. The Hall–Kier alpha value is -1.11. The van der Waals surface area contributed by atoms with E-state index in [2.05, 4.69) is 18.6 Å². The standard InChI is InChI=1S/C14H24N2O3S/c1-11(2)9-19-12-5-7-13(8-6-12)20(17,18)16-14(3,4)10-15/h5-8,11,16H,9-10,15H2,1-4H3. The first-order valence-electron chi connectivity index (χ1n) is 6.63. The molecule has 1 aromatic rings. The number of rotatable bonds is 7. The van der Waals surface area contributed by atoms with Gasteiger partial charge in [0.15, 0.2) is 0 Å². The average Bonchev–Trinajstić information content (AvgIpc) is 2.35. The summed E-state index contributed by atoms with van der Waals surface area (Å²) >= 11 is 0. The molecular formula is C14H24N2O3S. The zero-order valence-corrected chi connectivity index (χ0v) is 13.3. The summed E-state index contributed by atoms with van der Waals surface area (Å²) in [5.74, 6) is 1.08. The summed E-state index contributed by atoms with van der Waals surface area (Å²) in [6.07, 6.45) is 0. The Labute approximate surface area is 121 Å². The van der Waals surface area contributed by atoms with Crippen LogP contribution in [0.5, 0.6) is 5.75 Å². The van der Waals surface area contributed by atoms with Crippen LogP contribution in [0.3, 0.4) is 0 Å². The van der Waals surface area contributed by atoms with E-state index in [1.54, 1.807) is 26.0 Å². The maximum Gasteiger partial charge on any atom is 0.241 e. The molecule has 3 N–H and O–H groups in total. The smallest absolute Gasteiger partial charge is 0.241 e. The van der Waals surface area contributed by atoms with E-state index >= 15 is 0 Å². The van der Waals surface area contributed by atoms with Crippen LogP contribution in [0, 0.1) is 5.92 Å². The van der Waals surface area contributed by atoms with Crippen LogP contribution in [0.25, 0.3) is 0 Å². The van der Waals surface area contributed by atoms with Crippen molar-refractivity contribution in [1.82, 2.24) is 4.72 Å².